The van der Waals surface area contributed by atoms with Crippen LogP contribution < -0.4 is 4.72 Å². The molecule has 1 aromatic carbocycles. The van der Waals surface area contributed by atoms with Crippen LogP contribution in [0.25, 0.3) is 0 Å². The Morgan fingerprint density at radius 1 is 1.38 bits per heavy atom. The van der Waals surface area contributed by atoms with E-state index in [0.717, 1.165) is 17.8 Å². The minimum atomic E-state index is -3.83. The molecule has 0 saturated heterocycles. The van der Waals surface area contributed by atoms with Crippen LogP contribution in [0.5, 0.6) is 0 Å². The molecule has 1 heterocycles. The number of aliphatic carboxylic acids is 1. The van der Waals surface area contributed by atoms with Crippen molar-refractivity contribution in [1.29, 1.82) is 0 Å². The Kier molecular flexibility index (Phi) is 3.42. The van der Waals surface area contributed by atoms with Gasteiger partial charge in [-0.2, -0.15) is 8.73 Å². The molecule has 0 amide bonds. The molecule has 9 heteroatoms. The molecule has 0 aromatic heterocycles. The Hall–Kier alpha value is -1.58. The second-order valence-corrected chi connectivity index (χ2v) is 7.38. The summed E-state index contributed by atoms with van der Waals surface area (Å²) >= 11 is 0.945. The standard InChI is InChI=1S/C12H13N3O4S2/c16-10(17)7-12(5-2-6-12)15-21(18,19)9-4-1-3-8-11(9)14-20-13-8/h1,3-4,15H,2,5-7H2,(H,16,17). The van der Waals surface area contributed by atoms with Gasteiger partial charge in [0.2, 0.25) is 10.0 Å². The fraction of sp³-hybridized carbons (Fsp3) is 0.417. The number of carbonyl (C=O) groups is 1. The molecular weight excluding hydrogens is 314 g/mol. The van der Waals surface area contributed by atoms with E-state index in [0.29, 0.717) is 24.2 Å². The summed E-state index contributed by atoms with van der Waals surface area (Å²) in [5, 5.41) is 8.96. The van der Waals surface area contributed by atoms with Crippen molar-refractivity contribution in [2.24, 2.45) is 8.73 Å². The molecular formula is C12H13N3O4S2. The zero-order valence-electron chi connectivity index (χ0n) is 10.9. The van der Waals surface area contributed by atoms with Gasteiger partial charge in [-0.3, -0.25) is 4.79 Å². The average molecular weight is 327 g/mol. The first-order chi connectivity index (χ1) is 9.92. The highest BCUT2D eigenvalue weighted by Crippen LogP contribution is 2.40. The highest BCUT2D eigenvalue weighted by atomic mass is 32.2. The summed E-state index contributed by atoms with van der Waals surface area (Å²) in [6.07, 6.45) is 1.67. The molecule has 2 aliphatic rings. The zero-order chi connectivity index (χ0) is 15.1. The van der Waals surface area contributed by atoms with Crippen molar-refractivity contribution < 1.29 is 18.3 Å². The van der Waals surface area contributed by atoms with Crippen LogP contribution in [0.1, 0.15) is 25.7 Å². The average Bonchev–Trinajstić information content (AvgIpc) is 2.82. The maximum atomic E-state index is 12.6. The Morgan fingerprint density at radius 2 is 2.14 bits per heavy atom. The normalized spacial score (nSPS) is 18.7. The maximum absolute atomic E-state index is 12.6. The monoisotopic (exact) mass is 327 g/mol. The number of sulfonamides is 1. The van der Waals surface area contributed by atoms with E-state index in [9.17, 15) is 13.2 Å². The van der Waals surface area contributed by atoms with Crippen LogP contribution in [0.4, 0.5) is 11.4 Å². The largest absolute Gasteiger partial charge is 0.481 e. The molecule has 1 saturated carbocycles. The van der Waals surface area contributed by atoms with Crippen molar-refractivity contribution in [2.75, 3.05) is 0 Å². The van der Waals surface area contributed by atoms with Crippen molar-refractivity contribution in [2.45, 2.75) is 36.1 Å². The second kappa shape index (κ2) is 5.00. The molecule has 1 aliphatic carbocycles. The highest BCUT2D eigenvalue weighted by molar-refractivity contribution is 7.89. The van der Waals surface area contributed by atoms with Gasteiger partial charge in [0.1, 0.15) is 16.3 Å². The van der Waals surface area contributed by atoms with Gasteiger partial charge >= 0.3 is 5.97 Å². The summed E-state index contributed by atoms with van der Waals surface area (Å²) in [4.78, 5) is 11.0. The molecule has 112 valence electrons. The van der Waals surface area contributed by atoms with E-state index in [-0.39, 0.29) is 11.3 Å². The fourth-order valence-corrected chi connectivity index (χ4v) is 4.77. The van der Waals surface area contributed by atoms with Crippen LogP contribution in [0.15, 0.2) is 31.8 Å². The number of carboxylic acids is 1. The van der Waals surface area contributed by atoms with Gasteiger partial charge in [-0.1, -0.05) is 6.07 Å². The molecule has 7 nitrogen and oxygen atoms in total. The van der Waals surface area contributed by atoms with E-state index >= 15 is 0 Å². The van der Waals surface area contributed by atoms with Crippen molar-refractivity contribution in [1.82, 2.24) is 4.72 Å². The minimum absolute atomic E-state index is 0.0467. The molecule has 0 radical (unpaired) electrons. The van der Waals surface area contributed by atoms with E-state index in [1.54, 1.807) is 12.1 Å². The van der Waals surface area contributed by atoms with Gasteiger partial charge < -0.3 is 5.11 Å². The smallest absolute Gasteiger partial charge is 0.305 e. The van der Waals surface area contributed by atoms with Crippen LogP contribution >= 0.6 is 0 Å². The van der Waals surface area contributed by atoms with Gasteiger partial charge in [-0.25, -0.2) is 13.1 Å². The van der Waals surface area contributed by atoms with Gasteiger partial charge in [-0.15, -0.1) is 0 Å². The molecule has 0 spiro atoms. The number of benzene rings is 1. The number of nitrogens with zero attached hydrogens (tertiary/aromatic N) is 2. The third kappa shape index (κ3) is 2.63. The third-order valence-corrected chi connectivity index (χ3v) is 5.84. The lowest BCUT2D eigenvalue weighted by Gasteiger charge is -2.41. The Bertz CT molecular complexity index is 778. The Balaban J connectivity index is 1.93. The maximum Gasteiger partial charge on any atom is 0.305 e. The van der Waals surface area contributed by atoms with Crippen LogP contribution in [0, 0.1) is 0 Å². The number of hydrogen-bond acceptors (Lipinski definition) is 5. The topological polar surface area (TPSA) is 108 Å². The predicted molar refractivity (Wildman–Crippen MR) is 77.1 cm³/mol. The molecule has 1 fully saturated rings. The Labute approximate surface area is 125 Å². The van der Waals surface area contributed by atoms with Gasteiger partial charge in [0.15, 0.2) is 0 Å². The van der Waals surface area contributed by atoms with E-state index in [4.69, 9.17) is 5.11 Å². The summed E-state index contributed by atoms with van der Waals surface area (Å²) in [6, 6.07) is 4.75. The van der Waals surface area contributed by atoms with Crippen LogP contribution in [0.3, 0.4) is 0 Å². The van der Waals surface area contributed by atoms with Crippen LogP contribution in [0.2, 0.25) is 0 Å². The summed E-state index contributed by atoms with van der Waals surface area (Å²) < 4.78 is 35.7. The van der Waals surface area contributed by atoms with E-state index in [1.807, 2.05) is 0 Å². The number of fused-ring (bicyclic) bond motifs is 1. The lowest BCUT2D eigenvalue weighted by Crippen LogP contribution is -2.54. The number of carboxylic acid groups (broad SMARTS) is 1. The summed E-state index contributed by atoms with van der Waals surface area (Å²) in [7, 11) is -3.83. The molecule has 0 unspecified atom stereocenters. The number of nitrogens with one attached hydrogen (secondary N) is 1. The van der Waals surface area contributed by atoms with Gasteiger partial charge in [0.25, 0.3) is 0 Å². The van der Waals surface area contributed by atoms with Crippen molar-refractivity contribution in [3.8, 4) is 0 Å². The molecule has 3 rings (SSSR count). The Morgan fingerprint density at radius 3 is 2.76 bits per heavy atom. The first-order valence-electron chi connectivity index (χ1n) is 6.39. The molecule has 1 aromatic rings. The zero-order valence-corrected chi connectivity index (χ0v) is 12.6. The van der Waals surface area contributed by atoms with E-state index < -0.39 is 21.5 Å². The van der Waals surface area contributed by atoms with Crippen molar-refractivity contribution in [3.63, 3.8) is 0 Å². The quantitative estimate of drug-likeness (QED) is 0.876. The van der Waals surface area contributed by atoms with Crippen LogP contribution in [-0.2, 0) is 26.2 Å². The van der Waals surface area contributed by atoms with E-state index in [1.165, 1.54) is 6.07 Å². The van der Waals surface area contributed by atoms with Crippen molar-refractivity contribution >= 4 is 38.7 Å². The summed E-state index contributed by atoms with van der Waals surface area (Å²) in [5.74, 6) is -1.01. The molecule has 0 bridgehead atoms. The van der Waals surface area contributed by atoms with Gasteiger partial charge in [0, 0.05) is 5.54 Å². The minimum Gasteiger partial charge on any atom is -0.481 e. The molecule has 1 aliphatic heterocycles. The summed E-state index contributed by atoms with van der Waals surface area (Å²) in [6.45, 7) is 0. The first-order valence-corrected chi connectivity index (χ1v) is 8.60. The van der Waals surface area contributed by atoms with Gasteiger partial charge in [0.05, 0.1) is 17.8 Å². The lowest BCUT2D eigenvalue weighted by molar-refractivity contribution is -0.139. The molecule has 0 atom stereocenters. The second-order valence-electron chi connectivity index (χ2n) is 5.20. The molecule has 2 N–H and O–H groups in total. The number of hydrogen-bond donors (Lipinski definition) is 2. The van der Waals surface area contributed by atoms with Crippen molar-refractivity contribution in [3.05, 3.63) is 18.2 Å². The fourth-order valence-electron chi connectivity index (χ4n) is 2.55. The number of rotatable bonds is 5. The summed E-state index contributed by atoms with van der Waals surface area (Å²) in [5.41, 5.74) is -0.0421. The van der Waals surface area contributed by atoms with E-state index in [2.05, 4.69) is 13.4 Å². The predicted octanol–water partition coefficient (Wildman–Crippen LogP) is 2.09. The van der Waals surface area contributed by atoms with Crippen LogP contribution in [-0.4, -0.2) is 25.0 Å². The highest BCUT2D eigenvalue weighted by Gasteiger charge is 2.43. The molecule has 21 heavy (non-hydrogen) atoms. The third-order valence-electron chi connectivity index (χ3n) is 3.69. The lowest BCUT2D eigenvalue weighted by atomic mass is 9.75. The SMILES string of the molecule is O=C(O)CC1(NS(=O)(=O)c2cccc3c2N=S=N3)CCC1. The first kappa shape index (κ1) is 14.4. The van der Waals surface area contributed by atoms with Gasteiger partial charge in [-0.05, 0) is 31.4 Å².